The van der Waals surface area contributed by atoms with Gasteiger partial charge < -0.3 is 5.01 Å². The molecule has 2 aromatic rings. The Hall–Kier alpha value is -1.62. The van der Waals surface area contributed by atoms with Crippen molar-refractivity contribution in [2.24, 2.45) is 7.05 Å². The largest absolute Gasteiger partial charge is 0.315 e. The summed E-state index contributed by atoms with van der Waals surface area (Å²) >= 11 is 5.31. The molecule has 0 atom stereocenters. The van der Waals surface area contributed by atoms with Crippen molar-refractivity contribution in [2.75, 3.05) is 19.1 Å². The molecule has 1 aromatic heterocycles. The predicted molar refractivity (Wildman–Crippen MR) is 67.5 cm³/mol. The fourth-order valence-corrected chi connectivity index (χ4v) is 1.87. The lowest BCUT2D eigenvalue weighted by Crippen LogP contribution is -2.26. The Bertz CT molecular complexity index is 539. The number of hydrogen-bond donors (Lipinski definition) is 0. The van der Waals surface area contributed by atoms with E-state index in [1.807, 2.05) is 61.2 Å². The lowest BCUT2D eigenvalue weighted by Gasteiger charge is -2.15. The van der Waals surface area contributed by atoms with Crippen LogP contribution in [0.4, 0.5) is 0 Å². The lowest BCUT2D eigenvalue weighted by atomic mass is 10.2. The molecule has 0 radical (unpaired) electrons. The van der Waals surface area contributed by atoms with Crippen molar-refractivity contribution in [3.63, 3.8) is 0 Å². The predicted octanol–water partition coefficient (Wildman–Crippen LogP) is 1.82. The fraction of sp³-hybridized carbons (Fsp3) is 0.273. The molecular weight excluding hydrogens is 220 g/mol. The molecule has 0 spiro atoms. The van der Waals surface area contributed by atoms with Crippen LogP contribution in [0.5, 0.6) is 0 Å². The summed E-state index contributed by atoms with van der Waals surface area (Å²) in [5, 5.41) is 6.36. The first-order chi connectivity index (χ1) is 7.61. The molecule has 16 heavy (non-hydrogen) atoms. The summed E-state index contributed by atoms with van der Waals surface area (Å²) in [4.78, 5) is 0. The number of rotatable bonds is 2. The maximum Gasteiger partial charge on any atom is 0.217 e. The molecular formula is C11H14N4S. The van der Waals surface area contributed by atoms with E-state index >= 15 is 0 Å². The first kappa shape index (κ1) is 10.9. The third kappa shape index (κ3) is 1.74. The van der Waals surface area contributed by atoms with E-state index in [4.69, 9.17) is 12.2 Å². The molecule has 4 nitrogen and oxygen atoms in total. The highest BCUT2D eigenvalue weighted by Crippen LogP contribution is 2.16. The molecule has 0 saturated carbocycles. The molecule has 0 aliphatic carbocycles. The van der Waals surface area contributed by atoms with E-state index in [-0.39, 0.29) is 0 Å². The number of nitrogens with zero attached hydrogens (tertiary/aromatic N) is 4. The van der Waals surface area contributed by atoms with Crippen LogP contribution in [-0.4, -0.2) is 28.6 Å². The van der Waals surface area contributed by atoms with Crippen molar-refractivity contribution in [1.29, 1.82) is 0 Å². The van der Waals surface area contributed by atoms with Crippen LogP contribution in [-0.2, 0) is 7.05 Å². The highest BCUT2D eigenvalue weighted by molar-refractivity contribution is 7.71. The van der Waals surface area contributed by atoms with Crippen LogP contribution >= 0.6 is 12.2 Å². The molecule has 0 bridgehead atoms. The Morgan fingerprint density at radius 2 is 1.81 bits per heavy atom. The zero-order chi connectivity index (χ0) is 11.7. The van der Waals surface area contributed by atoms with Crippen molar-refractivity contribution < 1.29 is 0 Å². The second kappa shape index (κ2) is 4.09. The summed E-state index contributed by atoms with van der Waals surface area (Å²) in [7, 11) is 5.75. The lowest BCUT2D eigenvalue weighted by molar-refractivity contribution is 0.692. The van der Waals surface area contributed by atoms with Gasteiger partial charge in [0.15, 0.2) is 5.82 Å². The van der Waals surface area contributed by atoms with Gasteiger partial charge in [-0.25, -0.2) is 9.36 Å². The highest BCUT2D eigenvalue weighted by Gasteiger charge is 2.11. The van der Waals surface area contributed by atoms with Gasteiger partial charge in [0.05, 0.1) is 0 Å². The van der Waals surface area contributed by atoms with Crippen LogP contribution < -0.4 is 5.01 Å². The first-order valence-corrected chi connectivity index (χ1v) is 5.41. The van der Waals surface area contributed by atoms with Gasteiger partial charge in [0.2, 0.25) is 4.77 Å². The van der Waals surface area contributed by atoms with Gasteiger partial charge in [-0.15, -0.1) is 0 Å². The van der Waals surface area contributed by atoms with Crippen LogP contribution in [0.1, 0.15) is 0 Å². The molecule has 5 heteroatoms. The van der Waals surface area contributed by atoms with Crippen molar-refractivity contribution in [3.8, 4) is 11.4 Å². The van der Waals surface area contributed by atoms with Crippen LogP contribution in [0, 0.1) is 4.77 Å². The van der Waals surface area contributed by atoms with Crippen molar-refractivity contribution in [2.45, 2.75) is 0 Å². The van der Waals surface area contributed by atoms with Gasteiger partial charge in [0.1, 0.15) is 0 Å². The highest BCUT2D eigenvalue weighted by atomic mass is 32.1. The normalized spacial score (nSPS) is 10.4. The molecule has 84 valence electrons. The summed E-state index contributed by atoms with van der Waals surface area (Å²) in [5.41, 5.74) is 1.06. The molecule has 1 aromatic carbocycles. The van der Waals surface area contributed by atoms with E-state index in [9.17, 15) is 0 Å². The monoisotopic (exact) mass is 234 g/mol. The number of benzene rings is 1. The quantitative estimate of drug-likeness (QED) is 0.741. The topological polar surface area (TPSA) is 26.0 Å². The summed E-state index contributed by atoms with van der Waals surface area (Å²) < 4.78 is 4.30. The van der Waals surface area contributed by atoms with Crippen LogP contribution in [0.2, 0.25) is 0 Å². The molecule has 0 unspecified atom stereocenters. The Balaban J connectivity index is 2.67. The summed E-state index contributed by atoms with van der Waals surface area (Å²) in [6.07, 6.45) is 0. The van der Waals surface area contributed by atoms with Crippen LogP contribution in [0.25, 0.3) is 11.4 Å². The average Bonchev–Trinajstić information content (AvgIpc) is 2.57. The van der Waals surface area contributed by atoms with Gasteiger partial charge in [0.25, 0.3) is 0 Å². The van der Waals surface area contributed by atoms with E-state index < -0.39 is 0 Å². The third-order valence-corrected chi connectivity index (χ3v) is 2.77. The molecule has 0 aliphatic heterocycles. The SMILES string of the molecule is CN(C)n1c(-c2ccccc2)nn(C)c1=S. The van der Waals surface area contributed by atoms with Gasteiger partial charge in [-0.2, -0.15) is 5.10 Å². The molecule has 2 rings (SSSR count). The van der Waals surface area contributed by atoms with E-state index in [0.717, 1.165) is 11.4 Å². The maximum absolute atomic E-state index is 5.31. The zero-order valence-corrected chi connectivity index (χ0v) is 10.4. The standard InChI is InChI=1S/C11H14N4S/c1-13(2)15-10(12-14(3)11(15)16)9-7-5-4-6-8-9/h4-8H,1-3H3. The number of aryl methyl sites for hydroxylation is 1. The van der Waals surface area contributed by atoms with Crippen LogP contribution in [0.3, 0.4) is 0 Å². The van der Waals surface area contributed by atoms with Gasteiger partial charge in [0, 0.05) is 26.7 Å². The summed E-state index contributed by atoms with van der Waals surface area (Å²) in [6, 6.07) is 10.0. The van der Waals surface area contributed by atoms with Crippen molar-refractivity contribution in [1.82, 2.24) is 14.5 Å². The van der Waals surface area contributed by atoms with Gasteiger partial charge >= 0.3 is 0 Å². The minimum absolute atomic E-state index is 0.684. The van der Waals surface area contributed by atoms with Gasteiger partial charge in [-0.1, -0.05) is 30.3 Å². The summed E-state index contributed by atoms with van der Waals surface area (Å²) in [6.45, 7) is 0. The second-order valence-corrected chi connectivity index (χ2v) is 4.12. The van der Waals surface area contributed by atoms with E-state index in [2.05, 4.69) is 5.10 Å². The second-order valence-electron chi connectivity index (χ2n) is 3.75. The van der Waals surface area contributed by atoms with E-state index in [1.54, 1.807) is 4.68 Å². The molecule has 0 N–H and O–H groups in total. The van der Waals surface area contributed by atoms with Gasteiger partial charge in [-0.3, -0.25) is 0 Å². The Kier molecular flexibility index (Phi) is 2.78. The average molecular weight is 234 g/mol. The Labute approximate surface area is 99.7 Å². The molecule has 0 amide bonds. The minimum Gasteiger partial charge on any atom is -0.315 e. The molecule has 0 fully saturated rings. The van der Waals surface area contributed by atoms with Crippen molar-refractivity contribution >= 4 is 12.2 Å². The minimum atomic E-state index is 0.684. The Morgan fingerprint density at radius 3 is 2.38 bits per heavy atom. The molecule has 0 aliphatic rings. The number of hydrogen-bond acceptors (Lipinski definition) is 3. The zero-order valence-electron chi connectivity index (χ0n) is 9.58. The van der Waals surface area contributed by atoms with Gasteiger partial charge in [-0.05, 0) is 12.2 Å². The maximum atomic E-state index is 5.31. The Morgan fingerprint density at radius 1 is 1.19 bits per heavy atom. The van der Waals surface area contributed by atoms with E-state index in [0.29, 0.717) is 4.77 Å². The third-order valence-electron chi connectivity index (χ3n) is 2.34. The smallest absolute Gasteiger partial charge is 0.217 e. The fourth-order valence-electron chi connectivity index (χ4n) is 1.58. The molecule has 0 saturated heterocycles. The van der Waals surface area contributed by atoms with Crippen LogP contribution in [0.15, 0.2) is 30.3 Å². The van der Waals surface area contributed by atoms with E-state index in [1.165, 1.54) is 0 Å². The first-order valence-electron chi connectivity index (χ1n) is 5.00. The van der Waals surface area contributed by atoms with Crippen molar-refractivity contribution in [3.05, 3.63) is 35.1 Å². The summed E-state index contributed by atoms with van der Waals surface area (Å²) in [5.74, 6) is 0.859. The number of aromatic nitrogens is 3. The molecule has 1 heterocycles.